The molecule has 0 atom stereocenters. The Morgan fingerprint density at radius 1 is 0.683 bits per heavy atom. The van der Waals surface area contributed by atoms with Gasteiger partial charge < -0.3 is 14.0 Å². The van der Waals surface area contributed by atoms with Crippen LogP contribution in [-0.2, 0) is 20.1 Å². The van der Waals surface area contributed by atoms with Crippen LogP contribution in [0, 0.1) is 19.1 Å². The van der Waals surface area contributed by atoms with Gasteiger partial charge >= 0.3 is 0 Å². The van der Waals surface area contributed by atoms with Gasteiger partial charge in [-0.1, -0.05) is 128 Å². The molecule has 0 unspecified atom stereocenters. The first-order valence-electron chi connectivity index (χ1n) is 22.3. The van der Waals surface area contributed by atoms with Crippen LogP contribution >= 0.6 is 0 Å². The van der Waals surface area contributed by atoms with Crippen molar-refractivity contribution in [1.29, 1.82) is 0 Å². The van der Waals surface area contributed by atoms with Crippen LogP contribution < -0.4 is 5.19 Å². The zero-order chi connectivity index (χ0) is 43.7. The summed E-state index contributed by atoms with van der Waals surface area (Å²) in [4.78, 5) is 14.8. The number of aryl methyl sites for hydroxylation is 1. The van der Waals surface area contributed by atoms with Gasteiger partial charge in [-0.2, -0.15) is 0 Å². The first-order chi connectivity index (χ1) is 29.8. The van der Waals surface area contributed by atoms with Crippen molar-refractivity contribution in [3.05, 3.63) is 162 Å². The van der Waals surface area contributed by atoms with Crippen LogP contribution in [0.2, 0.25) is 19.6 Å². The van der Waals surface area contributed by atoms with Crippen molar-refractivity contribution in [1.82, 2.24) is 19.5 Å². The summed E-state index contributed by atoms with van der Waals surface area (Å²) < 4.78 is 8.66. The van der Waals surface area contributed by atoms with Crippen LogP contribution in [-0.4, -0.2) is 27.6 Å². The molecule has 1 radical (unpaired) electrons. The van der Waals surface area contributed by atoms with Crippen LogP contribution in [0.4, 0.5) is 0 Å². The first-order valence-corrected chi connectivity index (χ1v) is 25.8. The van der Waals surface area contributed by atoms with E-state index in [0.717, 1.165) is 68.6 Å². The van der Waals surface area contributed by atoms with Gasteiger partial charge in [0.1, 0.15) is 0 Å². The number of benzene rings is 5. The van der Waals surface area contributed by atoms with Gasteiger partial charge in [0.05, 0.1) is 30.5 Å². The van der Waals surface area contributed by atoms with Gasteiger partial charge in [0.15, 0.2) is 0 Å². The smallest absolute Gasteiger partial charge is 0.216 e. The standard InChI is InChI=1S/C41H40N3O.C15H18NSi.Ir/c1-7-27(8-2)35-20-19-31-34-22-29(18-21-38(34)45-41(31)43-35)40-42-36-16-12-13-17-37(36)44(40)39-32(25(3)4)23-30(24-33(39)26(5)6)28-14-10-9-11-15-28;1-12-5-7-13(8-6-12)15-10-9-14(11-16-15)17(2,3)4;/h9-17,19-27H,7-8H2,1-6H3;5-7,9-11H,1-4H3;/q2*-1;. The molecular weight excluding hydrogens is 965 g/mol. The van der Waals surface area contributed by atoms with Crippen molar-refractivity contribution in [3.63, 3.8) is 0 Å². The van der Waals surface area contributed by atoms with Crippen LogP contribution in [0.1, 0.15) is 94.5 Å². The molecule has 9 aromatic rings. The minimum atomic E-state index is -1.24. The Hall–Kier alpha value is -5.46. The number of nitrogens with zero attached hydrogens (tertiary/aromatic N) is 4. The van der Waals surface area contributed by atoms with Crippen molar-refractivity contribution in [2.24, 2.45) is 0 Å². The Labute approximate surface area is 388 Å². The van der Waals surface area contributed by atoms with E-state index in [1.54, 1.807) is 0 Å². The zero-order valence-corrected chi connectivity index (χ0v) is 41.7. The predicted octanol–water partition coefficient (Wildman–Crippen LogP) is 15.0. The Kier molecular flexibility index (Phi) is 13.8. The van der Waals surface area contributed by atoms with E-state index in [-0.39, 0.29) is 20.1 Å². The number of aromatic nitrogens is 4. The topological polar surface area (TPSA) is 56.7 Å². The second-order valence-electron chi connectivity index (χ2n) is 18.2. The molecule has 0 aliphatic heterocycles. The third-order valence-corrected chi connectivity index (χ3v) is 14.1. The van der Waals surface area contributed by atoms with Crippen LogP contribution in [0.15, 0.2) is 132 Å². The van der Waals surface area contributed by atoms with Gasteiger partial charge in [-0.3, -0.25) is 4.98 Å². The number of furan rings is 1. The molecule has 323 valence electrons. The summed E-state index contributed by atoms with van der Waals surface area (Å²) in [5, 5.41) is 3.46. The van der Waals surface area contributed by atoms with Gasteiger partial charge in [0, 0.05) is 49.0 Å². The third kappa shape index (κ3) is 9.43. The number of hydrogen-bond donors (Lipinski definition) is 0. The van der Waals surface area contributed by atoms with Crippen LogP contribution in [0.25, 0.3) is 72.6 Å². The van der Waals surface area contributed by atoms with E-state index in [4.69, 9.17) is 14.4 Å². The Morgan fingerprint density at radius 3 is 1.98 bits per heavy atom. The SMILES string of the molecule is CCC(CC)c1ccc2c(n1)oc1c[c-]c(-c3nc4ccccc4n3-c3c(C(C)C)cc(-c4ccccc4)cc3C(C)C)cc12.Cc1c[c-]c(-c2ccc([Si](C)(C)C)cn2)cc1.[Ir]. The summed E-state index contributed by atoms with van der Waals surface area (Å²) in [6, 6.07) is 49.7. The van der Waals surface area contributed by atoms with Crippen molar-refractivity contribution in [3.8, 4) is 39.5 Å². The van der Waals surface area contributed by atoms with E-state index in [2.05, 4.69) is 199 Å². The van der Waals surface area contributed by atoms with E-state index in [9.17, 15) is 0 Å². The second kappa shape index (κ2) is 19.1. The van der Waals surface area contributed by atoms with E-state index >= 15 is 0 Å². The quantitative estimate of drug-likeness (QED) is 0.101. The number of imidazole rings is 1. The van der Waals surface area contributed by atoms with E-state index < -0.39 is 8.07 Å². The third-order valence-electron chi connectivity index (χ3n) is 12.1. The minimum absolute atomic E-state index is 0. The fourth-order valence-corrected chi connectivity index (χ4v) is 9.42. The van der Waals surface area contributed by atoms with E-state index in [1.807, 2.05) is 18.3 Å². The number of para-hydroxylation sites is 2. The summed E-state index contributed by atoms with van der Waals surface area (Å²) in [5.74, 6) is 1.91. The molecule has 0 fully saturated rings. The summed E-state index contributed by atoms with van der Waals surface area (Å²) in [6.45, 7) is 22.7. The molecule has 5 nitrogen and oxygen atoms in total. The maximum Gasteiger partial charge on any atom is 0.216 e. The monoisotopic (exact) mass is 1020 g/mol. The molecule has 0 saturated carbocycles. The fourth-order valence-electron chi connectivity index (χ4n) is 8.39. The summed E-state index contributed by atoms with van der Waals surface area (Å²) in [6.07, 6.45) is 4.15. The second-order valence-corrected chi connectivity index (χ2v) is 23.3. The van der Waals surface area contributed by atoms with Crippen LogP contribution in [0.5, 0.6) is 0 Å². The molecule has 0 aliphatic carbocycles. The molecule has 5 aromatic carbocycles. The van der Waals surface area contributed by atoms with Gasteiger partial charge in [-0.15, -0.1) is 59.2 Å². The maximum atomic E-state index is 6.28. The van der Waals surface area contributed by atoms with Gasteiger partial charge in [-0.25, -0.2) is 4.98 Å². The summed E-state index contributed by atoms with van der Waals surface area (Å²) >= 11 is 0. The molecular formula is C56H58IrN4OSi-2. The van der Waals surface area contributed by atoms with Gasteiger partial charge in [-0.05, 0) is 94.2 Å². The van der Waals surface area contributed by atoms with Crippen molar-refractivity contribution < 1.29 is 24.5 Å². The molecule has 0 spiro atoms. The van der Waals surface area contributed by atoms with Gasteiger partial charge in [0.2, 0.25) is 5.71 Å². The number of fused-ring (bicyclic) bond motifs is 4. The Balaban J connectivity index is 0.000000278. The molecule has 0 aliphatic rings. The zero-order valence-electron chi connectivity index (χ0n) is 38.3. The average molecular weight is 1020 g/mol. The molecule has 9 rings (SSSR count). The summed E-state index contributed by atoms with van der Waals surface area (Å²) in [5.41, 5.74) is 15.2. The largest absolute Gasteiger partial charge is 0.486 e. The first kappa shape index (κ1) is 45.6. The normalized spacial score (nSPS) is 11.8. The Bertz CT molecular complexity index is 2940. The van der Waals surface area contributed by atoms with E-state index in [1.165, 1.54) is 38.7 Å². The molecule has 0 N–H and O–H groups in total. The molecule has 0 amide bonds. The van der Waals surface area contributed by atoms with Crippen molar-refractivity contribution in [2.45, 2.75) is 98.7 Å². The average Bonchev–Trinajstić information content (AvgIpc) is 3.85. The molecule has 4 heterocycles. The summed E-state index contributed by atoms with van der Waals surface area (Å²) in [7, 11) is -1.24. The molecule has 7 heteroatoms. The number of hydrogen-bond acceptors (Lipinski definition) is 4. The van der Waals surface area contributed by atoms with E-state index in [0.29, 0.717) is 23.5 Å². The van der Waals surface area contributed by atoms with Crippen molar-refractivity contribution >= 4 is 46.4 Å². The van der Waals surface area contributed by atoms with Crippen LogP contribution in [0.3, 0.4) is 0 Å². The molecule has 4 aromatic heterocycles. The molecule has 0 saturated heterocycles. The predicted molar refractivity (Wildman–Crippen MR) is 264 cm³/mol. The van der Waals surface area contributed by atoms with Crippen molar-refractivity contribution in [2.75, 3.05) is 0 Å². The molecule has 0 bridgehead atoms. The fraction of sp³-hybridized carbons (Fsp3) is 0.268. The van der Waals surface area contributed by atoms with Gasteiger partial charge in [0.25, 0.3) is 0 Å². The number of pyridine rings is 2. The molecule has 63 heavy (non-hydrogen) atoms. The maximum absolute atomic E-state index is 6.28. The number of rotatable bonds is 10. The minimum Gasteiger partial charge on any atom is -0.486 e. The Morgan fingerprint density at radius 2 is 1.37 bits per heavy atom.